The fourth-order valence-corrected chi connectivity index (χ4v) is 10.4. The van der Waals surface area contributed by atoms with E-state index in [0.717, 1.165) is 11.8 Å². The van der Waals surface area contributed by atoms with Gasteiger partial charge in [-0.1, -0.05) is 51.1 Å². The largest absolute Gasteiger partial charge is 0.462 e. The lowest BCUT2D eigenvalue weighted by Gasteiger charge is -2.50. The van der Waals surface area contributed by atoms with Gasteiger partial charge in [0, 0.05) is 58.9 Å². The molecule has 3 fully saturated rings. The number of para-hydroxylation sites is 1. The van der Waals surface area contributed by atoms with E-state index in [2.05, 4.69) is 4.98 Å². The number of aromatic nitrogens is 1. The van der Waals surface area contributed by atoms with Crippen LogP contribution in [0.5, 0.6) is 11.5 Å². The standard InChI is InChI=1S/C56H83N3O17/c1-12-45(63)72-44-29-47(65)71-41(22-17-19-38-28-42(32-57-31-38)70-40-20-15-14-16-21-40)23-18-25-59(10)33-43(62)34(3)27-39(24-26-60)52(53(44)67-11)75-55-50(66)49(58(8)9)51(35(4)69-55)74-48-30-56(7,76-37(6)61)54(36(5)68-48)73-46(64)13-2/h14-17,19-21,26,28,31-32,34-36,39,41,43-44,48-55,62,66H,12-13,18,22-25,27,29-30,33H2,1-11H3/b19-17+/t34-,35?,36?,39+,41+,43+,44-,48+,49?,50?,51+,52+,53+,54+,55+,56?/m1/s1. The van der Waals surface area contributed by atoms with E-state index in [-0.39, 0.29) is 32.1 Å². The number of rotatable bonds is 18. The molecule has 0 spiro atoms. The maximum absolute atomic E-state index is 14.2. The smallest absolute Gasteiger partial charge is 0.309 e. The Hall–Kier alpha value is -4.90. The minimum absolute atomic E-state index is 0.0297. The molecular weight excluding hydrogens is 987 g/mol. The van der Waals surface area contributed by atoms with E-state index in [0.29, 0.717) is 43.9 Å². The van der Waals surface area contributed by atoms with Crippen LogP contribution in [0.15, 0.2) is 54.9 Å². The summed E-state index contributed by atoms with van der Waals surface area (Å²) in [6.07, 6.45) is -3.58. The highest BCUT2D eigenvalue weighted by Crippen LogP contribution is 2.39. The van der Waals surface area contributed by atoms with Crippen LogP contribution >= 0.6 is 0 Å². The third-order valence-electron chi connectivity index (χ3n) is 14.2. The van der Waals surface area contributed by atoms with E-state index >= 15 is 0 Å². The summed E-state index contributed by atoms with van der Waals surface area (Å²) in [7, 11) is 6.78. The molecule has 3 aliphatic rings. The number of aldehydes is 1. The molecular formula is C56H83N3O17. The zero-order chi connectivity index (χ0) is 55.7. The first kappa shape index (κ1) is 61.9. The molecule has 16 atom stereocenters. The van der Waals surface area contributed by atoms with E-state index in [1.54, 1.807) is 66.0 Å². The molecule has 76 heavy (non-hydrogen) atoms. The normalized spacial score (nSPS) is 33.5. The number of pyridine rings is 1. The topological polar surface area (TPSA) is 237 Å². The van der Waals surface area contributed by atoms with Crippen molar-refractivity contribution < 1.29 is 81.6 Å². The van der Waals surface area contributed by atoms with Crippen LogP contribution in [0, 0.1) is 11.8 Å². The number of cyclic esters (lactones) is 1. The molecule has 2 aromatic rings. The first-order valence-corrected chi connectivity index (χ1v) is 26.6. The van der Waals surface area contributed by atoms with Crippen molar-refractivity contribution in [1.29, 1.82) is 0 Å². The molecule has 0 bridgehead atoms. The lowest BCUT2D eigenvalue weighted by Crippen LogP contribution is -2.66. The van der Waals surface area contributed by atoms with Crippen LogP contribution < -0.4 is 4.74 Å². The van der Waals surface area contributed by atoms with Gasteiger partial charge in [0.1, 0.15) is 48.3 Å². The van der Waals surface area contributed by atoms with E-state index < -0.39 is 127 Å². The van der Waals surface area contributed by atoms with Crippen molar-refractivity contribution in [2.45, 2.75) is 192 Å². The van der Waals surface area contributed by atoms with Gasteiger partial charge < -0.3 is 72.2 Å². The highest BCUT2D eigenvalue weighted by molar-refractivity contribution is 5.73. The molecule has 20 heteroatoms. The van der Waals surface area contributed by atoms with E-state index in [9.17, 15) is 34.2 Å². The number of benzene rings is 1. The first-order valence-electron chi connectivity index (χ1n) is 26.6. The van der Waals surface area contributed by atoms with Crippen LogP contribution in [-0.2, 0) is 66.6 Å². The van der Waals surface area contributed by atoms with Gasteiger partial charge in [0.2, 0.25) is 0 Å². The van der Waals surface area contributed by atoms with Crippen molar-refractivity contribution in [2.24, 2.45) is 11.8 Å². The molecule has 3 saturated heterocycles. The monoisotopic (exact) mass is 1070 g/mol. The fraction of sp³-hybridized carbons (Fsp3) is 0.679. The third kappa shape index (κ3) is 17.8. The summed E-state index contributed by atoms with van der Waals surface area (Å²) in [4.78, 5) is 73.2. The predicted octanol–water partition coefficient (Wildman–Crippen LogP) is 5.82. The SMILES string of the molecule is CCC(=O)O[C@@H]1CC(=O)O[C@@H](C/C=C/c2cncc(Oc3ccccc3)c2)CCCN(C)C[C@H](O)[C@H](C)C[C@H](CC=O)[C@H](O[C@@H]2OC(C)[C@H](O[C@H]3CC(C)(OC(C)=O)[C@@H](OC(=O)CC)C(C)O3)C(N(C)C)C2O)[C@H]1OC. The molecule has 2 N–H and O–H groups in total. The number of aliphatic hydroxyl groups excluding tert-OH is 2. The number of esters is 4. The van der Waals surface area contributed by atoms with Crippen LogP contribution in [0.1, 0.15) is 112 Å². The summed E-state index contributed by atoms with van der Waals surface area (Å²) >= 11 is 0. The Bertz CT molecular complexity index is 2180. The summed E-state index contributed by atoms with van der Waals surface area (Å²) in [5.74, 6) is -2.31. The number of β-amino-alcohol motifs (C(OH)–C–C–N with tert-alkyl or cyclic N) is 1. The Labute approximate surface area is 447 Å². The second-order valence-electron chi connectivity index (χ2n) is 20.8. The second kappa shape index (κ2) is 29.7. The summed E-state index contributed by atoms with van der Waals surface area (Å²) in [6.45, 7) is 12.4. The number of aliphatic hydroxyl groups is 2. The third-order valence-corrected chi connectivity index (χ3v) is 14.2. The van der Waals surface area contributed by atoms with E-state index in [4.69, 9.17) is 47.4 Å². The molecule has 0 saturated carbocycles. The average Bonchev–Trinajstić information content (AvgIpc) is 3.36. The molecule has 0 radical (unpaired) electrons. The van der Waals surface area contributed by atoms with Crippen molar-refractivity contribution in [3.05, 3.63) is 60.4 Å². The summed E-state index contributed by atoms with van der Waals surface area (Å²) < 4.78 is 62.1. The Morgan fingerprint density at radius 1 is 0.934 bits per heavy atom. The first-order chi connectivity index (χ1) is 36.2. The van der Waals surface area contributed by atoms with Gasteiger partial charge in [0.15, 0.2) is 24.3 Å². The molecule has 424 valence electrons. The zero-order valence-corrected chi connectivity index (χ0v) is 46.1. The Balaban J connectivity index is 1.44. The van der Waals surface area contributed by atoms with Crippen LogP contribution in [0.4, 0.5) is 0 Å². The maximum atomic E-state index is 14.2. The number of likely N-dealkylation sites (N-methyl/N-ethyl adjacent to an activating group) is 2. The van der Waals surface area contributed by atoms with E-state index in [1.807, 2.05) is 67.4 Å². The Morgan fingerprint density at radius 3 is 2.30 bits per heavy atom. The summed E-state index contributed by atoms with van der Waals surface area (Å²) in [5, 5.41) is 24.1. The van der Waals surface area contributed by atoms with Crippen molar-refractivity contribution >= 4 is 36.2 Å². The highest BCUT2D eigenvalue weighted by atomic mass is 16.7. The Kier molecular flexibility index (Phi) is 24.2. The molecule has 3 aliphatic heterocycles. The molecule has 0 amide bonds. The molecule has 5 unspecified atom stereocenters. The second-order valence-corrected chi connectivity index (χ2v) is 20.8. The lowest BCUT2D eigenvalue weighted by atomic mass is 9.82. The number of ether oxygens (including phenoxy) is 10. The van der Waals surface area contributed by atoms with Gasteiger partial charge in [-0.3, -0.25) is 24.2 Å². The quantitative estimate of drug-likeness (QED) is 0.102. The van der Waals surface area contributed by atoms with Gasteiger partial charge in [-0.15, -0.1) is 0 Å². The van der Waals surface area contributed by atoms with Crippen LogP contribution in [0.3, 0.4) is 0 Å². The predicted molar refractivity (Wildman–Crippen MR) is 277 cm³/mol. The highest BCUT2D eigenvalue weighted by Gasteiger charge is 2.54. The molecule has 20 nitrogen and oxygen atoms in total. The fourth-order valence-electron chi connectivity index (χ4n) is 10.4. The molecule has 4 heterocycles. The van der Waals surface area contributed by atoms with Crippen molar-refractivity contribution in [2.75, 3.05) is 41.3 Å². The van der Waals surface area contributed by atoms with Crippen molar-refractivity contribution in [3.8, 4) is 11.5 Å². The van der Waals surface area contributed by atoms with Crippen LogP contribution in [-0.4, -0.2) is 182 Å². The van der Waals surface area contributed by atoms with Crippen molar-refractivity contribution in [1.82, 2.24) is 14.8 Å². The minimum Gasteiger partial charge on any atom is -0.462 e. The van der Waals surface area contributed by atoms with E-state index in [1.165, 1.54) is 14.0 Å². The molecule has 0 aliphatic carbocycles. The van der Waals surface area contributed by atoms with Gasteiger partial charge in [0.25, 0.3) is 0 Å². The number of carbonyl (C=O) groups excluding carboxylic acids is 5. The summed E-state index contributed by atoms with van der Waals surface area (Å²) in [6, 6.07) is 10.4. The summed E-state index contributed by atoms with van der Waals surface area (Å²) in [5.41, 5.74) is -0.569. The van der Waals surface area contributed by atoms with Gasteiger partial charge in [-0.05, 0) is 103 Å². The number of carbonyl (C=O) groups is 5. The maximum Gasteiger partial charge on any atom is 0.309 e. The zero-order valence-electron chi connectivity index (χ0n) is 46.1. The number of hydrogen-bond donors (Lipinski definition) is 2. The van der Waals surface area contributed by atoms with Gasteiger partial charge in [0.05, 0.1) is 43.1 Å². The average molecular weight is 1070 g/mol. The van der Waals surface area contributed by atoms with Crippen LogP contribution in [0.2, 0.25) is 0 Å². The molecule has 1 aromatic carbocycles. The molecule has 1 aromatic heterocycles. The Morgan fingerprint density at radius 2 is 1.64 bits per heavy atom. The number of hydrogen-bond acceptors (Lipinski definition) is 20. The lowest BCUT2D eigenvalue weighted by molar-refractivity contribution is -0.344. The number of methoxy groups -OCH3 is 1. The number of nitrogens with zero attached hydrogens (tertiary/aromatic N) is 3. The van der Waals surface area contributed by atoms with Crippen LogP contribution in [0.25, 0.3) is 6.08 Å². The minimum atomic E-state index is -1.45. The van der Waals surface area contributed by atoms with Gasteiger partial charge in [-0.25, -0.2) is 0 Å². The molecule has 5 rings (SSSR count). The van der Waals surface area contributed by atoms with Crippen molar-refractivity contribution in [3.63, 3.8) is 0 Å². The van der Waals surface area contributed by atoms with Gasteiger partial charge in [-0.2, -0.15) is 0 Å². The van der Waals surface area contributed by atoms with Gasteiger partial charge >= 0.3 is 23.9 Å².